The van der Waals surface area contributed by atoms with Gasteiger partial charge in [0.15, 0.2) is 0 Å². The molecule has 2 heterocycles. The summed E-state index contributed by atoms with van der Waals surface area (Å²) in [4.78, 5) is 26.8. The SMILES string of the molecule is C[C@@H]1Cc2ccsc2[C@H](c2ccccc2)N1CCNC(=O)c1cccc([N+](=O)[O-])c1.Cl. The minimum Gasteiger partial charge on any atom is -0.351 e. The lowest BCUT2D eigenvalue weighted by atomic mass is 9.91. The number of benzene rings is 2. The predicted molar refractivity (Wildman–Crippen MR) is 125 cm³/mol. The van der Waals surface area contributed by atoms with E-state index >= 15 is 0 Å². The lowest BCUT2D eigenvalue weighted by Gasteiger charge is -2.41. The summed E-state index contributed by atoms with van der Waals surface area (Å²) >= 11 is 1.78. The maximum Gasteiger partial charge on any atom is 0.270 e. The summed E-state index contributed by atoms with van der Waals surface area (Å²) in [6.45, 7) is 3.38. The fourth-order valence-corrected chi connectivity index (χ4v) is 5.17. The zero-order valence-electron chi connectivity index (χ0n) is 17.1. The Labute approximate surface area is 191 Å². The second-order valence-corrected chi connectivity index (χ2v) is 8.43. The molecule has 3 aromatic rings. The molecular formula is C23H24ClN3O3S. The number of nitrogens with one attached hydrogen (secondary N) is 1. The van der Waals surface area contributed by atoms with Crippen LogP contribution in [0.3, 0.4) is 0 Å². The van der Waals surface area contributed by atoms with Crippen LogP contribution in [0.2, 0.25) is 0 Å². The van der Waals surface area contributed by atoms with E-state index in [4.69, 9.17) is 0 Å². The minimum atomic E-state index is -0.491. The highest BCUT2D eigenvalue weighted by Gasteiger charge is 2.33. The van der Waals surface area contributed by atoms with Crippen LogP contribution in [0, 0.1) is 10.1 Å². The molecule has 0 saturated heterocycles. The number of hydrogen-bond donors (Lipinski definition) is 1. The first-order chi connectivity index (χ1) is 14.5. The molecule has 1 aliphatic rings. The van der Waals surface area contributed by atoms with Crippen molar-refractivity contribution in [2.24, 2.45) is 0 Å². The number of thiophene rings is 1. The van der Waals surface area contributed by atoms with E-state index in [1.807, 2.05) is 6.07 Å². The van der Waals surface area contributed by atoms with Gasteiger partial charge < -0.3 is 5.32 Å². The van der Waals surface area contributed by atoms with E-state index in [0.717, 1.165) is 6.42 Å². The van der Waals surface area contributed by atoms with E-state index in [-0.39, 0.29) is 30.0 Å². The fourth-order valence-electron chi connectivity index (χ4n) is 4.09. The topological polar surface area (TPSA) is 75.5 Å². The normalized spacial score (nSPS) is 18.0. The molecule has 0 unspecified atom stereocenters. The Kier molecular flexibility index (Phi) is 7.43. The molecule has 162 valence electrons. The van der Waals surface area contributed by atoms with E-state index in [0.29, 0.717) is 24.7 Å². The predicted octanol–water partition coefficient (Wildman–Crippen LogP) is 4.84. The number of carbonyl (C=O) groups excluding carboxylic acids is 1. The Morgan fingerprint density at radius 3 is 2.71 bits per heavy atom. The number of nitro benzene ring substituents is 1. The molecular weight excluding hydrogens is 434 g/mol. The van der Waals surface area contributed by atoms with Crippen LogP contribution in [-0.2, 0) is 6.42 Å². The van der Waals surface area contributed by atoms with E-state index in [9.17, 15) is 14.9 Å². The van der Waals surface area contributed by atoms with Crippen molar-refractivity contribution in [1.29, 1.82) is 0 Å². The minimum absolute atomic E-state index is 0. The summed E-state index contributed by atoms with van der Waals surface area (Å²) in [6, 6.07) is 19.0. The number of carbonyl (C=O) groups is 1. The number of rotatable bonds is 6. The summed E-state index contributed by atoms with van der Waals surface area (Å²) in [5.74, 6) is -0.295. The van der Waals surface area contributed by atoms with Gasteiger partial charge in [0, 0.05) is 41.7 Å². The van der Waals surface area contributed by atoms with Gasteiger partial charge in [0.25, 0.3) is 11.6 Å². The summed E-state index contributed by atoms with van der Waals surface area (Å²) < 4.78 is 0. The molecule has 0 radical (unpaired) electrons. The van der Waals surface area contributed by atoms with E-state index < -0.39 is 4.92 Å². The first-order valence-electron chi connectivity index (χ1n) is 9.94. The van der Waals surface area contributed by atoms with Crippen LogP contribution in [0.25, 0.3) is 0 Å². The molecule has 2 atom stereocenters. The highest BCUT2D eigenvalue weighted by molar-refractivity contribution is 7.10. The summed E-state index contributed by atoms with van der Waals surface area (Å²) in [6.07, 6.45) is 0.987. The molecule has 0 aliphatic carbocycles. The van der Waals surface area contributed by atoms with Gasteiger partial charge >= 0.3 is 0 Å². The number of fused-ring (bicyclic) bond motifs is 1. The van der Waals surface area contributed by atoms with E-state index in [1.165, 1.54) is 34.2 Å². The number of non-ortho nitro benzene ring substituents is 1. The van der Waals surface area contributed by atoms with Gasteiger partial charge in [0.2, 0.25) is 0 Å². The van der Waals surface area contributed by atoms with Crippen LogP contribution < -0.4 is 5.32 Å². The third-order valence-corrected chi connectivity index (χ3v) is 6.54. The van der Waals surface area contributed by atoms with Gasteiger partial charge in [-0.05, 0) is 42.0 Å². The molecule has 2 aromatic carbocycles. The Morgan fingerprint density at radius 1 is 1.19 bits per heavy atom. The van der Waals surface area contributed by atoms with Crippen molar-refractivity contribution in [3.63, 3.8) is 0 Å². The van der Waals surface area contributed by atoms with E-state index in [1.54, 1.807) is 17.4 Å². The second kappa shape index (κ2) is 10.0. The van der Waals surface area contributed by atoms with Crippen molar-refractivity contribution in [3.8, 4) is 0 Å². The largest absolute Gasteiger partial charge is 0.351 e. The third kappa shape index (κ3) is 4.95. The number of nitrogens with zero attached hydrogens (tertiary/aromatic N) is 2. The molecule has 0 bridgehead atoms. The van der Waals surface area contributed by atoms with Gasteiger partial charge in [-0.2, -0.15) is 0 Å². The summed E-state index contributed by atoms with van der Waals surface area (Å²) in [5, 5.41) is 16.0. The van der Waals surface area contributed by atoms with Gasteiger partial charge in [-0.25, -0.2) is 0 Å². The van der Waals surface area contributed by atoms with Crippen molar-refractivity contribution in [2.75, 3.05) is 13.1 Å². The molecule has 0 fully saturated rings. The lowest BCUT2D eigenvalue weighted by molar-refractivity contribution is -0.384. The maximum atomic E-state index is 12.5. The quantitative estimate of drug-likeness (QED) is 0.424. The van der Waals surface area contributed by atoms with Crippen LogP contribution in [-0.4, -0.2) is 34.9 Å². The second-order valence-electron chi connectivity index (χ2n) is 7.48. The maximum absolute atomic E-state index is 12.5. The molecule has 1 amide bonds. The standard InChI is InChI=1S/C23H23N3O3S.ClH/c1-16-14-18-10-13-30-22(18)21(17-6-3-2-4-7-17)25(16)12-11-24-23(27)19-8-5-9-20(15-19)26(28)29;/h2-10,13,15-16,21H,11-12,14H2,1H3,(H,24,27);1H/t16-,21+;/m1./s1. The van der Waals surface area contributed by atoms with Crippen LogP contribution in [0.15, 0.2) is 66.0 Å². The Hall–Kier alpha value is -2.74. The van der Waals surface area contributed by atoms with Gasteiger partial charge in [0.1, 0.15) is 0 Å². The van der Waals surface area contributed by atoms with Crippen molar-refractivity contribution < 1.29 is 9.72 Å². The first kappa shape index (κ1) is 22.9. The number of hydrogen-bond acceptors (Lipinski definition) is 5. The zero-order valence-corrected chi connectivity index (χ0v) is 18.7. The van der Waals surface area contributed by atoms with Crippen molar-refractivity contribution in [1.82, 2.24) is 10.2 Å². The van der Waals surface area contributed by atoms with Crippen LogP contribution >= 0.6 is 23.7 Å². The van der Waals surface area contributed by atoms with Gasteiger partial charge in [-0.15, -0.1) is 23.7 Å². The molecule has 31 heavy (non-hydrogen) atoms. The third-order valence-electron chi connectivity index (χ3n) is 5.53. The van der Waals surface area contributed by atoms with Crippen molar-refractivity contribution in [3.05, 3.63) is 97.7 Å². The average molecular weight is 458 g/mol. The summed E-state index contributed by atoms with van der Waals surface area (Å²) in [7, 11) is 0. The molecule has 6 nitrogen and oxygen atoms in total. The molecule has 0 saturated carbocycles. The van der Waals surface area contributed by atoms with E-state index in [2.05, 4.69) is 52.9 Å². The number of nitro groups is 1. The van der Waals surface area contributed by atoms with Crippen LogP contribution in [0.4, 0.5) is 5.69 Å². The van der Waals surface area contributed by atoms with Gasteiger partial charge in [-0.3, -0.25) is 19.8 Å². The molecule has 4 rings (SSSR count). The van der Waals surface area contributed by atoms with Crippen molar-refractivity contribution >= 4 is 35.3 Å². The number of halogens is 1. The first-order valence-corrected chi connectivity index (χ1v) is 10.8. The molecule has 1 aliphatic heterocycles. The lowest BCUT2D eigenvalue weighted by Crippen LogP contribution is -2.45. The average Bonchev–Trinajstić information content (AvgIpc) is 3.22. The fraction of sp³-hybridized carbons (Fsp3) is 0.261. The highest BCUT2D eigenvalue weighted by atomic mass is 35.5. The Bertz CT molecular complexity index is 1060. The Morgan fingerprint density at radius 2 is 1.97 bits per heavy atom. The Balaban J connectivity index is 0.00000272. The van der Waals surface area contributed by atoms with Crippen LogP contribution in [0.1, 0.15) is 39.3 Å². The van der Waals surface area contributed by atoms with Gasteiger partial charge in [-0.1, -0.05) is 36.4 Å². The molecule has 1 aromatic heterocycles. The highest BCUT2D eigenvalue weighted by Crippen LogP contribution is 2.40. The van der Waals surface area contributed by atoms with Crippen LogP contribution in [0.5, 0.6) is 0 Å². The molecule has 0 spiro atoms. The smallest absolute Gasteiger partial charge is 0.270 e. The molecule has 8 heteroatoms. The van der Waals surface area contributed by atoms with Gasteiger partial charge in [0.05, 0.1) is 11.0 Å². The summed E-state index contributed by atoms with van der Waals surface area (Å²) in [5.41, 5.74) is 2.87. The zero-order chi connectivity index (χ0) is 21.1. The van der Waals surface area contributed by atoms with Crippen molar-refractivity contribution in [2.45, 2.75) is 25.4 Å². The monoisotopic (exact) mass is 457 g/mol. The number of amides is 1. The molecule has 1 N–H and O–H groups in total.